The molecule has 0 unspecified atom stereocenters. The summed E-state index contributed by atoms with van der Waals surface area (Å²) in [6.45, 7) is 0. The van der Waals surface area contributed by atoms with E-state index in [1.54, 1.807) is 12.4 Å². The number of hydrogen-bond acceptors (Lipinski definition) is 3. The number of rotatable bonds is 3. The van der Waals surface area contributed by atoms with E-state index >= 15 is 0 Å². The molecule has 1 radical (unpaired) electrons. The summed E-state index contributed by atoms with van der Waals surface area (Å²) < 4.78 is 6.23. The molecular formula is C34H22IrN2O-2. The van der Waals surface area contributed by atoms with Crippen molar-refractivity contribution in [1.82, 2.24) is 9.97 Å². The SMILES string of the molecule is [Ir].[c-]1cc(-c2ccccc2)c2c(oc3ccccc32)c1-c1ccccn1.[c-]1ccccc1-c1ccccn1. The molecule has 0 aliphatic carbocycles. The van der Waals surface area contributed by atoms with Crippen LogP contribution in [0.25, 0.3) is 55.6 Å². The number of nitrogens with zero attached hydrogens (tertiary/aromatic N) is 2. The van der Waals surface area contributed by atoms with E-state index < -0.39 is 0 Å². The standard InChI is InChI=1S/C23H14NO.C11H8N.Ir/c1-2-8-16(9-3-1)17-13-14-18(20-11-6-7-15-24-20)23-22(17)19-10-4-5-12-21(19)25-23;1-2-6-10(7-3-1)11-8-4-5-9-12-11;/h1-13,15H;1-6,8-9H;/q2*-1;. The summed E-state index contributed by atoms with van der Waals surface area (Å²) in [5.41, 5.74) is 7.77. The van der Waals surface area contributed by atoms with Crippen LogP contribution in [0.2, 0.25) is 0 Å². The minimum Gasteiger partial charge on any atom is -0.501 e. The summed E-state index contributed by atoms with van der Waals surface area (Å²) in [5.74, 6) is 0. The Balaban J connectivity index is 0.000000191. The fourth-order valence-corrected chi connectivity index (χ4v) is 4.39. The van der Waals surface area contributed by atoms with Gasteiger partial charge in [-0.25, -0.2) is 0 Å². The van der Waals surface area contributed by atoms with Crippen molar-refractivity contribution in [1.29, 1.82) is 0 Å². The first-order valence-electron chi connectivity index (χ1n) is 12.1. The monoisotopic (exact) mass is 667 g/mol. The second-order valence-corrected chi connectivity index (χ2v) is 8.45. The van der Waals surface area contributed by atoms with E-state index in [0.29, 0.717) is 0 Å². The van der Waals surface area contributed by atoms with Crippen LogP contribution in [0.1, 0.15) is 0 Å². The van der Waals surface area contributed by atoms with Gasteiger partial charge in [-0.2, -0.15) is 0 Å². The van der Waals surface area contributed by atoms with Gasteiger partial charge >= 0.3 is 0 Å². The Bertz CT molecular complexity index is 1710. The summed E-state index contributed by atoms with van der Waals surface area (Å²) in [7, 11) is 0. The molecule has 3 heterocycles. The molecule has 3 aromatic heterocycles. The van der Waals surface area contributed by atoms with Gasteiger partial charge in [-0.3, -0.25) is 0 Å². The second-order valence-electron chi connectivity index (χ2n) is 8.45. The number of para-hydroxylation sites is 1. The summed E-state index contributed by atoms with van der Waals surface area (Å²) in [6, 6.07) is 46.7. The molecule has 7 aromatic rings. The van der Waals surface area contributed by atoms with E-state index in [9.17, 15) is 0 Å². The van der Waals surface area contributed by atoms with Crippen molar-refractivity contribution >= 4 is 21.9 Å². The Hall–Kier alpha value is -4.37. The number of aromatic nitrogens is 2. The van der Waals surface area contributed by atoms with Gasteiger partial charge in [0, 0.05) is 37.9 Å². The minimum absolute atomic E-state index is 0. The molecule has 0 atom stereocenters. The number of furan rings is 1. The van der Waals surface area contributed by atoms with E-state index in [4.69, 9.17) is 4.42 Å². The van der Waals surface area contributed by atoms with Crippen LogP contribution in [-0.4, -0.2) is 9.97 Å². The van der Waals surface area contributed by atoms with E-state index in [0.717, 1.165) is 55.6 Å². The molecule has 0 fully saturated rings. The van der Waals surface area contributed by atoms with Crippen LogP contribution in [0, 0.1) is 12.1 Å². The largest absolute Gasteiger partial charge is 0.501 e. The smallest absolute Gasteiger partial charge is 0.120 e. The summed E-state index contributed by atoms with van der Waals surface area (Å²) in [6.07, 6.45) is 3.58. The van der Waals surface area contributed by atoms with Crippen molar-refractivity contribution in [2.45, 2.75) is 0 Å². The van der Waals surface area contributed by atoms with Crippen molar-refractivity contribution in [2.24, 2.45) is 0 Å². The molecule has 0 bridgehead atoms. The van der Waals surface area contributed by atoms with Crippen molar-refractivity contribution in [3.8, 4) is 33.6 Å². The van der Waals surface area contributed by atoms with Gasteiger partial charge in [-0.05, 0) is 35.0 Å². The van der Waals surface area contributed by atoms with Crippen LogP contribution in [0.15, 0.2) is 138 Å². The van der Waals surface area contributed by atoms with E-state index in [2.05, 4.69) is 52.4 Å². The summed E-state index contributed by atoms with van der Waals surface area (Å²) in [5, 5.41) is 2.23. The topological polar surface area (TPSA) is 38.9 Å². The predicted octanol–water partition coefficient (Wildman–Crippen LogP) is 8.66. The Morgan fingerprint density at radius 1 is 0.605 bits per heavy atom. The molecule has 0 spiro atoms. The first kappa shape index (κ1) is 25.3. The van der Waals surface area contributed by atoms with Gasteiger partial charge < -0.3 is 14.4 Å². The van der Waals surface area contributed by atoms with Crippen molar-refractivity contribution in [3.63, 3.8) is 0 Å². The molecule has 4 aromatic carbocycles. The molecule has 38 heavy (non-hydrogen) atoms. The predicted molar refractivity (Wildman–Crippen MR) is 150 cm³/mol. The van der Waals surface area contributed by atoms with E-state index in [-0.39, 0.29) is 20.1 Å². The number of hydrogen-bond donors (Lipinski definition) is 0. The van der Waals surface area contributed by atoms with Crippen molar-refractivity contribution in [3.05, 3.63) is 146 Å². The quantitative estimate of drug-likeness (QED) is 0.177. The zero-order valence-electron chi connectivity index (χ0n) is 20.3. The van der Waals surface area contributed by atoms with Gasteiger partial charge in [0.05, 0.1) is 5.58 Å². The molecule has 0 amide bonds. The molecule has 0 N–H and O–H groups in total. The molecule has 0 aliphatic heterocycles. The first-order valence-corrected chi connectivity index (χ1v) is 12.1. The zero-order valence-corrected chi connectivity index (χ0v) is 22.7. The van der Waals surface area contributed by atoms with Crippen LogP contribution in [0.4, 0.5) is 0 Å². The molecule has 3 nitrogen and oxygen atoms in total. The van der Waals surface area contributed by atoms with E-state index in [1.165, 1.54) is 0 Å². The van der Waals surface area contributed by atoms with Crippen molar-refractivity contribution < 1.29 is 24.5 Å². The van der Waals surface area contributed by atoms with Gasteiger partial charge in [0.1, 0.15) is 5.58 Å². The van der Waals surface area contributed by atoms with Crippen LogP contribution >= 0.6 is 0 Å². The van der Waals surface area contributed by atoms with Gasteiger partial charge in [0.15, 0.2) is 0 Å². The molecule has 0 aliphatic rings. The maximum absolute atomic E-state index is 6.23. The Kier molecular flexibility index (Phi) is 7.84. The average Bonchev–Trinajstić information content (AvgIpc) is 3.39. The number of pyridine rings is 2. The number of fused-ring (bicyclic) bond motifs is 3. The zero-order chi connectivity index (χ0) is 24.9. The molecule has 0 saturated carbocycles. The van der Waals surface area contributed by atoms with Gasteiger partial charge in [0.2, 0.25) is 0 Å². The molecule has 185 valence electrons. The maximum atomic E-state index is 6.23. The average molecular weight is 667 g/mol. The molecule has 7 rings (SSSR count). The van der Waals surface area contributed by atoms with Crippen LogP contribution in [0.5, 0.6) is 0 Å². The third kappa shape index (κ3) is 5.19. The Labute approximate surface area is 235 Å². The Morgan fingerprint density at radius 3 is 2.00 bits per heavy atom. The fourth-order valence-electron chi connectivity index (χ4n) is 4.39. The maximum Gasteiger partial charge on any atom is 0.120 e. The second kappa shape index (κ2) is 11.8. The van der Waals surface area contributed by atoms with Crippen LogP contribution in [0.3, 0.4) is 0 Å². The van der Waals surface area contributed by atoms with Gasteiger partial charge in [0.25, 0.3) is 0 Å². The summed E-state index contributed by atoms with van der Waals surface area (Å²) >= 11 is 0. The molecule has 4 heteroatoms. The van der Waals surface area contributed by atoms with Crippen LogP contribution in [-0.2, 0) is 20.1 Å². The fraction of sp³-hybridized carbons (Fsp3) is 0. The van der Waals surface area contributed by atoms with Crippen molar-refractivity contribution in [2.75, 3.05) is 0 Å². The Morgan fingerprint density at radius 2 is 1.29 bits per heavy atom. The summed E-state index contributed by atoms with van der Waals surface area (Å²) in [4.78, 5) is 8.70. The van der Waals surface area contributed by atoms with Gasteiger partial charge in [-0.15, -0.1) is 48.0 Å². The van der Waals surface area contributed by atoms with E-state index in [1.807, 2.05) is 91.0 Å². The van der Waals surface area contributed by atoms with Gasteiger partial charge in [-0.1, -0.05) is 89.5 Å². The third-order valence-corrected chi connectivity index (χ3v) is 6.11. The molecular weight excluding hydrogens is 645 g/mol. The van der Waals surface area contributed by atoms with Crippen LogP contribution < -0.4 is 0 Å². The number of benzene rings is 4. The minimum atomic E-state index is 0. The molecule has 0 saturated heterocycles. The normalized spacial score (nSPS) is 10.4. The first-order chi connectivity index (χ1) is 18.4. The third-order valence-electron chi connectivity index (χ3n) is 6.11.